The van der Waals surface area contributed by atoms with Crippen molar-refractivity contribution in [2.75, 3.05) is 7.11 Å². The first-order valence-corrected chi connectivity index (χ1v) is 6.48. The minimum Gasteiger partial charge on any atom is -0.496 e. The summed E-state index contributed by atoms with van der Waals surface area (Å²) in [5.74, 6) is 0.983. The third kappa shape index (κ3) is 3.74. The van der Waals surface area contributed by atoms with Gasteiger partial charge in [0.1, 0.15) is 5.75 Å². The quantitative estimate of drug-likeness (QED) is 0.820. The van der Waals surface area contributed by atoms with Crippen LogP contribution in [0.2, 0.25) is 0 Å². The van der Waals surface area contributed by atoms with Crippen molar-refractivity contribution in [1.29, 1.82) is 0 Å². The van der Waals surface area contributed by atoms with E-state index in [9.17, 15) is 0 Å². The molecule has 0 aliphatic heterocycles. The molecular weight excluding hydrogens is 210 g/mol. The van der Waals surface area contributed by atoms with Crippen molar-refractivity contribution in [2.24, 2.45) is 5.73 Å². The fourth-order valence-corrected chi connectivity index (χ4v) is 2.10. The molecule has 1 unspecified atom stereocenters. The second kappa shape index (κ2) is 6.65. The smallest absolute Gasteiger partial charge is 0.122 e. The van der Waals surface area contributed by atoms with E-state index >= 15 is 0 Å². The summed E-state index contributed by atoms with van der Waals surface area (Å²) in [7, 11) is 1.72. The predicted molar refractivity (Wildman–Crippen MR) is 73.7 cm³/mol. The predicted octanol–water partition coefficient (Wildman–Crippen LogP) is 3.37. The van der Waals surface area contributed by atoms with Crippen LogP contribution in [0.3, 0.4) is 0 Å². The van der Waals surface area contributed by atoms with Crippen LogP contribution in [0.5, 0.6) is 5.75 Å². The molecule has 2 heteroatoms. The maximum atomic E-state index is 5.93. The standard InChI is InChI=1S/C15H25NO/c1-5-14(16)8-6-7-13-9-10-15(17-4)12(3)11(13)2/h9-10,14H,5-8,16H2,1-4H3. The molecule has 0 aromatic heterocycles. The van der Waals surface area contributed by atoms with Crippen LogP contribution in [0.25, 0.3) is 0 Å². The minimum absolute atomic E-state index is 0.356. The van der Waals surface area contributed by atoms with Crippen molar-refractivity contribution in [3.8, 4) is 5.75 Å². The summed E-state index contributed by atoms with van der Waals surface area (Å²) in [6, 6.07) is 4.60. The summed E-state index contributed by atoms with van der Waals surface area (Å²) in [5.41, 5.74) is 9.96. The van der Waals surface area contributed by atoms with Gasteiger partial charge in [0.25, 0.3) is 0 Å². The number of ether oxygens (including phenoxy) is 1. The Hall–Kier alpha value is -1.02. The van der Waals surface area contributed by atoms with Crippen molar-refractivity contribution < 1.29 is 4.74 Å². The Labute approximate surface area is 105 Å². The van der Waals surface area contributed by atoms with Gasteiger partial charge >= 0.3 is 0 Å². The largest absolute Gasteiger partial charge is 0.496 e. The number of hydrogen-bond donors (Lipinski definition) is 1. The summed E-state index contributed by atoms with van der Waals surface area (Å²) >= 11 is 0. The Morgan fingerprint density at radius 1 is 1.24 bits per heavy atom. The normalized spacial score (nSPS) is 12.5. The first-order valence-electron chi connectivity index (χ1n) is 6.48. The third-order valence-electron chi connectivity index (χ3n) is 3.61. The van der Waals surface area contributed by atoms with Gasteiger partial charge in [-0.2, -0.15) is 0 Å². The molecule has 1 aromatic rings. The van der Waals surface area contributed by atoms with Crippen LogP contribution in [0.4, 0.5) is 0 Å². The molecule has 17 heavy (non-hydrogen) atoms. The molecule has 0 aliphatic carbocycles. The SMILES string of the molecule is CCC(N)CCCc1ccc(OC)c(C)c1C. The zero-order chi connectivity index (χ0) is 12.8. The lowest BCUT2D eigenvalue weighted by Gasteiger charge is -2.13. The Bertz CT molecular complexity index is 360. The molecule has 0 radical (unpaired) electrons. The summed E-state index contributed by atoms with van der Waals surface area (Å²) in [6.45, 7) is 6.44. The van der Waals surface area contributed by atoms with Gasteiger partial charge in [0.15, 0.2) is 0 Å². The number of aryl methyl sites for hydroxylation is 1. The summed E-state index contributed by atoms with van der Waals surface area (Å²) in [5, 5.41) is 0. The van der Waals surface area contributed by atoms with Crippen LogP contribution < -0.4 is 10.5 Å². The zero-order valence-corrected chi connectivity index (χ0v) is 11.5. The van der Waals surface area contributed by atoms with Crippen molar-refractivity contribution in [1.82, 2.24) is 0 Å². The molecule has 0 bridgehead atoms. The Balaban J connectivity index is 2.63. The van der Waals surface area contributed by atoms with Crippen LogP contribution in [0.15, 0.2) is 12.1 Å². The van der Waals surface area contributed by atoms with Crippen LogP contribution in [0, 0.1) is 13.8 Å². The van der Waals surface area contributed by atoms with Crippen LogP contribution in [-0.4, -0.2) is 13.2 Å². The molecule has 0 fully saturated rings. The van der Waals surface area contributed by atoms with E-state index in [0.717, 1.165) is 25.0 Å². The number of rotatable bonds is 6. The molecule has 2 nitrogen and oxygen atoms in total. The Morgan fingerprint density at radius 3 is 2.53 bits per heavy atom. The fourth-order valence-electron chi connectivity index (χ4n) is 2.10. The Morgan fingerprint density at radius 2 is 1.94 bits per heavy atom. The number of hydrogen-bond acceptors (Lipinski definition) is 2. The van der Waals surface area contributed by atoms with E-state index in [0.29, 0.717) is 6.04 Å². The summed E-state index contributed by atoms with van der Waals surface area (Å²) in [6.07, 6.45) is 4.47. The van der Waals surface area contributed by atoms with E-state index in [-0.39, 0.29) is 0 Å². The lowest BCUT2D eigenvalue weighted by molar-refractivity contribution is 0.411. The molecule has 96 valence electrons. The topological polar surface area (TPSA) is 35.2 Å². The van der Waals surface area contributed by atoms with Gasteiger partial charge in [-0.15, -0.1) is 0 Å². The molecule has 1 rings (SSSR count). The summed E-state index contributed by atoms with van der Waals surface area (Å²) < 4.78 is 5.32. The van der Waals surface area contributed by atoms with Gasteiger partial charge in [0, 0.05) is 6.04 Å². The van der Waals surface area contributed by atoms with Crippen LogP contribution >= 0.6 is 0 Å². The molecule has 0 aliphatic rings. The first kappa shape index (κ1) is 14.0. The van der Waals surface area contributed by atoms with Gasteiger partial charge < -0.3 is 10.5 Å². The van der Waals surface area contributed by atoms with Gasteiger partial charge in [0.2, 0.25) is 0 Å². The van der Waals surface area contributed by atoms with Gasteiger partial charge in [-0.3, -0.25) is 0 Å². The number of benzene rings is 1. The van der Waals surface area contributed by atoms with Gasteiger partial charge in [-0.1, -0.05) is 13.0 Å². The highest BCUT2D eigenvalue weighted by Gasteiger charge is 2.07. The van der Waals surface area contributed by atoms with E-state index in [1.807, 2.05) is 0 Å². The van der Waals surface area contributed by atoms with Crippen molar-refractivity contribution in [3.05, 3.63) is 28.8 Å². The van der Waals surface area contributed by atoms with Crippen molar-refractivity contribution in [2.45, 2.75) is 52.5 Å². The van der Waals surface area contributed by atoms with Crippen molar-refractivity contribution >= 4 is 0 Å². The average molecular weight is 235 g/mol. The molecule has 0 amide bonds. The van der Waals surface area contributed by atoms with E-state index in [1.54, 1.807) is 7.11 Å². The highest BCUT2D eigenvalue weighted by atomic mass is 16.5. The average Bonchev–Trinajstić information content (AvgIpc) is 2.34. The first-order chi connectivity index (χ1) is 8.10. The molecule has 0 saturated heterocycles. The molecule has 2 N–H and O–H groups in total. The Kier molecular flexibility index (Phi) is 5.49. The maximum Gasteiger partial charge on any atom is 0.122 e. The fraction of sp³-hybridized carbons (Fsp3) is 0.600. The molecule has 0 spiro atoms. The molecule has 0 saturated carbocycles. The van der Waals surface area contributed by atoms with E-state index in [4.69, 9.17) is 10.5 Å². The van der Waals surface area contributed by atoms with Crippen LogP contribution in [0.1, 0.15) is 42.9 Å². The lowest BCUT2D eigenvalue weighted by Crippen LogP contribution is -2.18. The van der Waals surface area contributed by atoms with E-state index < -0.39 is 0 Å². The van der Waals surface area contributed by atoms with Gasteiger partial charge in [-0.05, 0) is 62.3 Å². The molecule has 1 aromatic carbocycles. The molecule has 1 atom stereocenters. The lowest BCUT2D eigenvalue weighted by atomic mass is 9.97. The van der Waals surface area contributed by atoms with Gasteiger partial charge in [0.05, 0.1) is 7.11 Å². The number of methoxy groups -OCH3 is 1. The highest BCUT2D eigenvalue weighted by Crippen LogP contribution is 2.25. The van der Waals surface area contributed by atoms with E-state index in [2.05, 4.69) is 32.9 Å². The summed E-state index contributed by atoms with van der Waals surface area (Å²) in [4.78, 5) is 0. The highest BCUT2D eigenvalue weighted by molar-refractivity contribution is 5.43. The van der Waals surface area contributed by atoms with E-state index in [1.165, 1.54) is 23.1 Å². The minimum atomic E-state index is 0.356. The second-order valence-corrected chi connectivity index (χ2v) is 4.74. The van der Waals surface area contributed by atoms with Gasteiger partial charge in [-0.25, -0.2) is 0 Å². The monoisotopic (exact) mass is 235 g/mol. The second-order valence-electron chi connectivity index (χ2n) is 4.74. The molecule has 0 heterocycles. The number of nitrogens with two attached hydrogens (primary N) is 1. The molecular formula is C15H25NO. The van der Waals surface area contributed by atoms with Crippen molar-refractivity contribution in [3.63, 3.8) is 0 Å². The zero-order valence-electron chi connectivity index (χ0n) is 11.5. The maximum absolute atomic E-state index is 5.93. The third-order valence-corrected chi connectivity index (χ3v) is 3.61. The van der Waals surface area contributed by atoms with Crippen LogP contribution in [-0.2, 0) is 6.42 Å².